The summed E-state index contributed by atoms with van der Waals surface area (Å²) >= 11 is 0. The molecule has 0 unspecified atom stereocenters. The van der Waals surface area contributed by atoms with Gasteiger partial charge in [0.1, 0.15) is 0 Å². The number of hydrogen-bond acceptors (Lipinski definition) is 1. The topological polar surface area (TPSA) is 32.9 Å². The molecule has 0 amide bonds. The highest BCUT2D eigenvalue weighted by Crippen LogP contribution is 2.32. The highest BCUT2D eigenvalue weighted by Gasteiger charge is 2.27. The van der Waals surface area contributed by atoms with Crippen LogP contribution in [0.2, 0.25) is 0 Å². The molecule has 1 heterocycles. The second-order valence-corrected chi connectivity index (χ2v) is 4.63. The molecule has 2 heteroatoms. The van der Waals surface area contributed by atoms with Gasteiger partial charge < -0.3 is 4.98 Å². The molecule has 1 aliphatic carbocycles. The van der Waals surface area contributed by atoms with Gasteiger partial charge in [-0.25, -0.2) is 0 Å². The van der Waals surface area contributed by atoms with Crippen LogP contribution >= 0.6 is 0 Å². The van der Waals surface area contributed by atoms with Crippen LogP contribution in [0.5, 0.6) is 0 Å². The molecule has 0 bridgehead atoms. The molecule has 0 aliphatic heterocycles. The molecule has 2 aromatic rings. The summed E-state index contributed by atoms with van der Waals surface area (Å²) in [6.07, 6.45) is 2.84. The average molecular weight is 213 g/mol. The molecule has 1 atom stereocenters. The lowest BCUT2D eigenvalue weighted by Crippen LogP contribution is -2.18. The molecule has 1 aromatic heterocycles. The maximum absolute atomic E-state index is 12.0. The van der Waals surface area contributed by atoms with E-state index in [0.717, 1.165) is 24.1 Å². The van der Waals surface area contributed by atoms with Crippen molar-refractivity contribution in [2.75, 3.05) is 0 Å². The lowest BCUT2D eigenvalue weighted by Gasteiger charge is -2.19. The zero-order chi connectivity index (χ0) is 11.1. The van der Waals surface area contributed by atoms with Gasteiger partial charge in [0.25, 0.3) is 0 Å². The number of carbonyl (C=O) groups is 1. The molecule has 82 valence electrons. The molecule has 0 fully saturated rings. The van der Waals surface area contributed by atoms with E-state index in [-0.39, 0.29) is 5.78 Å². The standard InChI is InChI=1S/C14H15NO/c1-2-9-7-11-10-5-3-4-6-12(10)15-14(11)13(16)8-9/h3-6,9,15H,2,7-8H2,1H3/t9-/m0/s1. The molecule has 16 heavy (non-hydrogen) atoms. The van der Waals surface area contributed by atoms with E-state index >= 15 is 0 Å². The summed E-state index contributed by atoms with van der Waals surface area (Å²) in [5.74, 6) is 0.809. The predicted molar refractivity (Wildman–Crippen MR) is 64.7 cm³/mol. The van der Waals surface area contributed by atoms with Crippen molar-refractivity contribution in [2.24, 2.45) is 5.92 Å². The minimum Gasteiger partial charge on any atom is -0.352 e. The van der Waals surface area contributed by atoms with Gasteiger partial charge in [0, 0.05) is 17.3 Å². The lowest BCUT2D eigenvalue weighted by atomic mass is 9.84. The van der Waals surface area contributed by atoms with E-state index in [9.17, 15) is 4.79 Å². The summed E-state index contributed by atoms with van der Waals surface area (Å²) in [7, 11) is 0. The first-order valence-electron chi connectivity index (χ1n) is 5.92. The van der Waals surface area contributed by atoms with Crippen LogP contribution in [0.25, 0.3) is 10.9 Å². The third-order valence-corrected chi connectivity index (χ3v) is 3.64. The fourth-order valence-electron chi connectivity index (χ4n) is 2.66. The number of para-hydroxylation sites is 1. The molecule has 0 radical (unpaired) electrons. The van der Waals surface area contributed by atoms with Crippen molar-refractivity contribution in [1.29, 1.82) is 0 Å². The number of ketones is 1. The van der Waals surface area contributed by atoms with Gasteiger partial charge in [0.15, 0.2) is 5.78 Å². The third kappa shape index (κ3) is 1.29. The van der Waals surface area contributed by atoms with Gasteiger partial charge in [-0.05, 0) is 24.0 Å². The van der Waals surface area contributed by atoms with E-state index in [1.54, 1.807) is 0 Å². The summed E-state index contributed by atoms with van der Waals surface area (Å²) in [6, 6.07) is 8.19. The van der Waals surface area contributed by atoms with Crippen LogP contribution < -0.4 is 0 Å². The molecule has 3 rings (SSSR count). The van der Waals surface area contributed by atoms with E-state index in [4.69, 9.17) is 0 Å². The number of fused-ring (bicyclic) bond motifs is 3. The van der Waals surface area contributed by atoms with Crippen LogP contribution in [-0.2, 0) is 6.42 Å². The third-order valence-electron chi connectivity index (χ3n) is 3.64. The first kappa shape index (κ1) is 9.64. The number of benzene rings is 1. The summed E-state index contributed by atoms with van der Waals surface area (Å²) in [5, 5.41) is 1.23. The Morgan fingerprint density at radius 2 is 2.12 bits per heavy atom. The largest absolute Gasteiger partial charge is 0.352 e. The van der Waals surface area contributed by atoms with E-state index in [1.807, 2.05) is 18.2 Å². The quantitative estimate of drug-likeness (QED) is 0.774. The maximum atomic E-state index is 12.0. The van der Waals surface area contributed by atoms with Gasteiger partial charge in [-0.15, -0.1) is 0 Å². The van der Waals surface area contributed by atoms with E-state index in [0.29, 0.717) is 12.3 Å². The van der Waals surface area contributed by atoms with Gasteiger partial charge in [-0.1, -0.05) is 31.5 Å². The minimum absolute atomic E-state index is 0.282. The molecular formula is C14H15NO. The zero-order valence-electron chi connectivity index (χ0n) is 9.42. The Hall–Kier alpha value is -1.57. The molecule has 0 spiro atoms. The van der Waals surface area contributed by atoms with Crippen molar-refractivity contribution in [3.8, 4) is 0 Å². The Morgan fingerprint density at radius 1 is 1.31 bits per heavy atom. The number of aromatic nitrogens is 1. The number of nitrogens with one attached hydrogen (secondary N) is 1. The average Bonchev–Trinajstić information content (AvgIpc) is 2.68. The summed E-state index contributed by atoms with van der Waals surface area (Å²) in [5.41, 5.74) is 3.18. The first-order valence-corrected chi connectivity index (χ1v) is 5.92. The summed E-state index contributed by atoms with van der Waals surface area (Å²) < 4.78 is 0. The highest BCUT2D eigenvalue weighted by atomic mass is 16.1. The smallest absolute Gasteiger partial charge is 0.179 e. The summed E-state index contributed by atoms with van der Waals surface area (Å²) in [6.45, 7) is 2.16. The van der Waals surface area contributed by atoms with Crippen LogP contribution in [0.4, 0.5) is 0 Å². The Bertz CT molecular complexity index is 553. The van der Waals surface area contributed by atoms with Crippen molar-refractivity contribution >= 4 is 16.7 Å². The Labute approximate surface area is 94.7 Å². The Balaban J connectivity index is 2.22. The van der Waals surface area contributed by atoms with Crippen molar-refractivity contribution in [2.45, 2.75) is 26.2 Å². The molecule has 2 nitrogen and oxygen atoms in total. The van der Waals surface area contributed by atoms with Crippen molar-refractivity contribution in [3.63, 3.8) is 0 Å². The van der Waals surface area contributed by atoms with Crippen LogP contribution in [0.15, 0.2) is 24.3 Å². The minimum atomic E-state index is 0.282. The molecule has 0 saturated heterocycles. The fourth-order valence-corrected chi connectivity index (χ4v) is 2.66. The Morgan fingerprint density at radius 3 is 2.94 bits per heavy atom. The van der Waals surface area contributed by atoms with Crippen LogP contribution in [0.1, 0.15) is 35.8 Å². The molecule has 1 aromatic carbocycles. The van der Waals surface area contributed by atoms with Gasteiger partial charge in [0.05, 0.1) is 5.69 Å². The number of H-pyrrole nitrogens is 1. The van der Waals surface area contributed by atoms with Gasteiger partial charge in [0.2, 0.25) is 0 Å². The second-order valence-electron chi connectivity index (χ2n) is 4.63. The molecular weight excluding hydrogens is 198 g/mol. The molecule has 1 aliphatic rings. The number of hydrogen-bond donors (Lipinski definition) is 1. The molecule has 1 N–H and O–H groups in total. The lowest BCUT2D eigenvalue weighted by molar-refractivity contribution is 0.0943. The highest BCUT2D eigenvalue weighted by molar-refractivity contribution is 6.03. The van der Waals surface area contributed by atoms with Crippen LogP contribution in [-0.4, -0.2) is 10.8 Å². The van der Waals surface area contributed by atoms with Crippen LogP contribution in [0, 0.1) is 5.92 Å². The van der Waals surface area contributed by atoms with Crippen molar-refractivity contribution in [3.05, 3.63) is 35.5 Å². The van der Waals surface area contributed by atoms with Gasteiger partial charge >= 0.3 is 0 Å². The number of carbonyl (C=O) groups excluding carboxylic acids is 1. The maximum Gasteiger partial charge on any atom is 0.179 e. The zero-order valence-corrected chi connectivity index (χ0v) is 9.42. The number of aromatic amines is 1. The number of rotatable bonds is 1. The van der Waals surface area contributed by atoms with Crippen molar-refractivity contribution < 1.29 is 4.79 Å². The van der Waals surface area contributed by atoms with Crippen LogP contribution in [0.3, 0.4) is 0 Å². The summed E-state index contributed by atoms with van der Waals surface area (Å²) in [4.78, 5) is 15.3. The SMILES string of the molecule is CC[C@@H]1CC(=O)c2[nH]c3ccccc3c2C1. The van der Waals surface area contributed by atoms with Gasteiger partial charge in [-0.3, -0.25) is 4.79 Å². The van der Waals surface area contributed by atoms with Crippen molar-refractivity contribution in [1.82, 2.24) is 4.98 Å². The second kappa shape index (κ2) is 3.48. The first-order chi connectivity index (χ1) is 7.79. The number of Topliss-reactive ketones (excluding diaryl/α,β-unsaturated/α-hetero) is 1. The molecule has 0 saturated carbocycles. The predicted octanol–water partition coefficient (Wildman–Crippen LogP) is 3.32. The van der Waals surface area contributed by atoms with E-state index < -0.39 is 0 Å². The van der Waals surface area contributed by atoms with Gasteiger partial charge in [-0.2, -0.15) is 0 Å². The van der Waals surface area contributed by atoms with E-state index in [1.165, 1.54) is 10.9 Å². The normalized spacial score (nSPS) is 20.1. The fraction of sp³-hybridized carbons (Fsp3) is 0.357. The Kier molecular flexibility index (Phi) is 2.10. The van der Waals surface area contributed by atoms with E-state index in [2.05, 4.69) is 18.0 Å². The monoisotopic (exact) mass is 213 g/mol.